The average molecular weight is 403 g/mol. The lowest BCUT2D eigenvalue weighted by molar-refractivity contribution is -0.0520. The van der Waals surface area contributed by atoms with Gasteiger partial charge in [0.05, 0.1) is 17.1 Å². The zero-order chi connectivity index (χ0) is 20.4. The molecular formula is C18H18F5N3O2. The fourth-order valence-electron chi connectivity index (χ4n) is 3.02. The van der Waals surface area contributed by atoms with Crippen LogP contribution in [0.25, 0.3) is 10.9 Å². The molecule has 0 saturated heterocycles. The van der Waals surface area contributed by atoms with Gasteiger partial charge in [-0.05, 0) is 31.9 Å². The summed E-state index contributed by atoms with van der Waals surface area (Å²) >= 11 is 0. The first-order chi connectivity index (χ1) is 13.2. The summed E-state index contributed by atoms with van der Waals surface area (Å²) in [4.78, 5) is 16.3. The van der Waals surface area contributed by atoms with Crippen LogP contribution in [0.4, 0.5) is 22.0 Å². The number of nitrogens with one attached hydrogen (secondary N) is 2. The Hall–Kier alpha value is -2.49. The van der Waals surface area contributed by atoms with E-state index in [2.05, 4.69) is 20.4 Å². The number of benzene rings is 1. The number of fused-ring (bicyclic) bond motifs is 1. The molecule has 10 heteroatoms. The zero-order valence-corrected chi connectivity index (χ0v) is 14.8. The fraction of sp³-hybridized carbons (Fsp3) is 0.444. The molecule has 3 rings (SSSR count). The lowest BCUT2D eigenvalue weighted by atomic mass is 9.86. The van der Waals surface area contributed by atoms with E-state index in [-0.39, 0.29) is 28.6 Å². The number of pyridine rings is 1. The summed E-state index contributed by atoms with van der Waals surface area (Å²) in [6, 6.07) is 2.22. The van der Waals surface area contributed by atoms with E-state index in [1.807, 2.05) is 0 Å². The van der Waals surface area contributed by atoms with E-state index in [0.29, 0.717) is 12.8 Å². The smallest absolute Gasteiger partial charge is 0.387 e. The van der Waals surface area contributed by atoms with Gasteiger partial charge in [-0.15, -0.1) is 0 Å². The van der Waals surface area contributed by atoms with Crippen molar-refractivity contribution in [2.24, 2.45) is 0 Å². The number of alkyl halides is 4. The van der Waals surface area contributed by atoms with E-state index in [9.17, 15) is 26.7 Å². The first-order valence-electron chi connectivity index (χ1n) is 8.62. The summed E-state index contributed by atoms with van der Waals surface area (Å²) in [5.41, 5.74) is 0.370. The molecule has 152 valence electrons. The standard InChI is InChI=1S/C18H18F5N3O2/c1-8(16(20)21)25-11-4-12(5-11)26-17(27)10-2-9-3-13(19)15(28-18(22)23)6-14(9)24-7-10/h2-3,6-8,11-12,16,18,25H,4-5H2,1H3,(H,26,27). The second kappa shape index (κ2) is 8.26. The summed E-state index contributed by atoms with van der Waals surface area (Å²) in [5, 5.41) is 5.80. The van der Waals surface area contributed by atoms with Crippen molar-refractivity contribution in [3.63, 3.8) is 0 Å². The van der Waals surface area contributed by atoms with Gasteiger partial charge >= 0.3 is 6.61 Å². The normalized spacial score (nSPS) is 20.3. The van der Waals surface area contributed by atoms with Gasteiger partial charge in [0.15, 0.2) is 11.6 Å². The lowest BCUT2D eigenvalue weighted by Crippen LogP contribution is -2.55. The van der Waals surface area contributed by atoms with Crippen LogP contribution in [0.15, 0.2) is 24.4 Å². The number of nitrogens with zero attached hydrogens (tertiary/aromatic N) is 1. The number of carbonyl (C=O) groups excluding carboxylic acids is 1. The second-order valence-electron chi connectivity index (χ2n) is 6.71. The molecule has 0 aliphatic heterocycles. The highest BCUT2D eigenvalue weighted by atomic mass is 19.3. The molecule has 5 nitrogen and oxygen atoms in total. The first-order valence-corrected chi connectivity index (χ1v) is 8.62. The average Bonchev–Trinajstić information content (AvgIpc) is 2.59. The Bertz CT molecular complexity index is 858. The van der Waals surface area contributed by atoms with Crippen molar-refractivity contribution in [3.8, 4) is 5.75 Å². The van der Waals surface area contributed by atoms with Crippen LogP contribution in [0.2, 0.25) is 0 Å². The predicted molar refractivity (Wildman–Crippen MR) is 91.2 cm³/mol. The zero-order valence-electron chi connectivity index (χ0n) is 14.8. The molecule has 1 amide bonds. The van der Waals surface area contributed by atoms with E-state index in [1.54, 1.807) is 0 Å². The molecule has 1 aliphatic carbocycles. The molecule has 0 spiro atoms. The third-order valence-corrected chi connectivity index (χ3v) is 4.56. The molecule has 1 fully saturated rings. The van der Waals surface area contributed by atoms with Gasteiger partial charge in [0.25, 0.3) is 12.3 Å². The van der Waals surface area contributed by atoms with Crippen LogP contribution in [-0.4, -0.2) is 42.1 Å². The number of carbonyl (C=O) groups is 1. The minimum Gasteiger partial charge on any atom is -0.432 e. The van der Waals surface area contributed by atoms with Crippen LogP contribution in [0.1, 0.15) is 30.1 Å². The molecule has 1 saturated carbocycles. The maximum atomic E-state index is 13.8. The van der Waals surface area contributed by atoms with Crippen molar-refractivity contribution in [3.05, 3.63) is 35.8 Å². The molecule has 28 heavy (non-hydrogen) atoms. The maximum Gasteiger partial charge on any atom is 0.387 e. The Morgan fingerprint density at radius 2 is 1.89 bits per heavy atom. The molecule has 1 unspecified atom stereocenters. The van der Waals surface area contributed by atoms with Crippen molar-refractivity contribution in [1.29, 1.82) is 0 Å². The molecule has 1 aliphatic rings. The van der Waals surface area contributed by atoms with Gasteiger partial charge in [0.1, 0.15) is 0 Å². The van der Waals surface area contributed by atoms with Gasteiger partial charge in [-0.2, -0.15) is 8.78 Å². The molecule has 2 N–H and O–H groups in total. The lowest BCUT2D eigenvalue weighted by Gasteiger charge is -2.38. The van der Waals surface area contributed by atoms with E-state index in [4.69, 9.17) is 0 Å². The molecule has 2 aromatic rings. The SMILES string of the molecule is CC(NC1CC(NC(=O)c2cnc3cc(OC(F)F)c(F)cc3c2)C1)C(F)F. The van der Waals surface area contributed by atoms with Crippen molar-refractivity contribution in [2.45, 2.75) is 50.9 Å². The van der Waals surface area contributed by atoms with Gasteiger partial charge in [0, 0.05) is 29.7 Å². The van der Waals surface area contributed by atoms with E-state index in [0.717, 1.165) is 12.1 Å². The predicted octanol–water partition coefficient (Wildman–Crippen LogP) is 3.48. The number of halogens is 5. The Morgan fingerprint density at radius 1 is 1.18 bits per heavy atom. The van der Waals surface area contributed by atoms with E-state index < -0.39 is 36.6 Å². The summed E-state index contributed by atoms with van der Waals surface area (Å²) < 4.78 is 67.5. The molecule has 1 aromatic carbocycles. The highest BCUT2D eigenvalue weighted by molar-refractivity contribution is 5.97. The van der Waals surface area contributed by atoms with Crippen LogP contribution in [0, 0.1) is 5.82 Å². The molecular weight excluding hydrogens is 385 g/mol. The number of hydrogen-bond acceptors (Lipinski definition) is 4. The minimum absolute atomic E-state index is 0.0913. The van der Waals surface area contributed by atoms with Crippen LogP contribution < -0.4 is 15.4 Å². The van der Waals surface area contributed by atoms with Gasteiger partial charge in [-0.1, -0.05) is 0 Å². The van der Waals surface area contributed by atoms with Gasteiger partial charge < -0.3 is 15.4 Å². The van der Waals surface area contributed by atoms with Crippen LogP contribution >= 0.6 is 0 Å². The summed E-state index contributed by atoms with van der Waals surface area (Å²) in [6.07, 6.45) is -0.168. The van der Waals surface area contributed by atoms with Gasteiger partial charge in [-0.3, -0.25) is 9.78 Å². The van der Waals surface area contributed by atoms with Gasteiger partial charge in [0.2, 0.25) is 0 Å². The fourth-order valence-corrected chi connectivity index (χ4v) is 3.02. The Kier molecular flexibility index (Phi) is 5.97. The molecule has 1 heterocycles. The Labute approximate surface area is 157 Å². The van der Waals surface area contributed by atoms with Crippen LogP contribution in [0.3, 0.4) is 0 Å². The van der Waals surface area contributed by atoms with Crippen LogP contribution in [-0.2, 0) is 0 Å². The maximum absolute atomic E-state index is 13.8. The molecule has 0 radical (unpaired) electrons. The van der Waals surface area contributed by atoms with Crippen molar-refractivity contribution < 1.29 is 31.5 Å². The molecule has 1 aromatic heterocycles. The van der Waals surface area contributed by atoms with Crippen molar-refractivity contribution in [2.75, 3.05) is 0 Å². The number of hydrogen-bond donors (Lipinski definition) is 2. The minimum atomic E-state index is -3.17. The summed E-state index contributed by atoms with van der Waals surface area (Å²) in [5.74, 6) is -2.06. The Morgan fingerprint density at radius 3 is 2.54 bits per heavy atom. The molecule has 0 bridgehead atoms. The summed E-state index contributed by atoms with van der Waals surface area (Å²) in [6.45, 7) is -1.77. The Balaban J connectivity index is 1.62. The third kappa shape index (κ3) is 4.67. The van der Waals surface area contributed by atoms with Crippen molar-refractivity contribution in [1.82, 2.24) is 15.6 Å². The van der Waals surface area contributed by atoms with Gasteiger partial charge in [-0.25, -0.2) is 13.2 Å². The van der Waals surface area contributed by atoms with Crippen molar-refractivity contribution >= 4 is 16.8 Å². The second-order valence-corrected chi connectivity index (χ2v) is 6.71. The first kappa shape index (κ1) is 20.2. The largest absolute Gasteiger partial charge is 0.432 e. The quantitative estimate of drug-likeness (QED) is 0.695. The number of aromatic nitrogens is 1. The molecule has 1 atom stereocenters. The number of ether oxygens (including phenoxy) is 1. The monoisotopic (exact) mass is 403 g/mol. The topological polar surface area (TPSA) is 63.2 Å². The highest BCUT2D eigenvalue weighted by Crippen LogP contribution is 2.26. The highest BCUT2D eigenvalue weighted by Gasteiger charge is 2.32. The van der Waals surface area contributed by atoms with Crippen LogP contribution in [0.5, 0.6) is 5.75 Å². The van der Waals surface area contributed by atoms with E-state index in [1.165, 1.54) is 19.2 Å². The number of amides is 1. The summed E-state index contributed by atoms with van der Waals surface area (Å²) in [7, 11) is 0. The third-order valence-electron chi connectivity index (χ3n) is 4.56. The number of rotatable bonds is 7. The van der Waals surface area contributed by atoms with E-state index >= 15 is 0 Å².